The molecular weight excluding hydrogens is 350 g/mol. The van der Waals surface area contributed by atoms with Crippen LogP contribution in [-0.2, 0) is 0 Å². The summed E-state index contributed by atoms with van der Waals surface area (Å²) in [7, 11) is 1.55. The van der Waals surface area contributed by atoms with Crippen LogP contribution in [0.2, 0.25) is 0 Å². The zero-order chi connectivity index (χ0) is 19.9. The smallest absolute Gasteiger partial charge is 0.343 e. The molecule has 0 bridgehead atoms. The number of methoxy groups -OCH3 is 1. The number of rotatable bonds is 7. The highest BCUT2D eigenvalue weighted by atomic mass is 16.5. The van der Waals surface area contributed by atoms with Crippen molar-refractivity contribution in [3.63, 3.8) is 0 Å². The molecule has 1 N–H and O–H groups in total. The van der Waals surface area contributed by atoms with Crippen LogP contribution < -0.4 is 9.47 Å². The highest BCUT2D eigenvalue weighted by molar-refractivity contribution is 5.91. The van der Waals surface area contributed by atoms with Crippen LogP contribution in [-0.4, -0.2) is 19.3 Å². The molecule has 2 aromatic carbocycles. The number of hydrogen-bond donors (Lipinski definition) is 1. The number of carbonyl (C=O) groups excluding carboxylic acids is 1. The lowest BCUT2D eigenvalue weighted by Gasteiger charge is -2.28. The van der Waals surface area contributed by atoms with Crippen molar-refractivity contribution in [2.45, 2.75) is 51.4 Å². The van der Waals surface area contributed by atoms with E-state index < -0.39 is 0 Å². The first-order valence-corrected chi connectivity index (χ1v) is 10.1. The number of benzene rings is 2. The molecule has 0 atom stereocenters. The second kappa shape index (κ2) is 9.54. The molecular formula is C24H29NO3. The Kier molecular flexibility index (Phi) is 6.85. The third kappa shape index (κ3) is 4.80. The van der Waals surface area contributed by atoms with E-state index in [2.05, 4.69) is 19.1 Å². The first-order chi connectivity index (χ1) is 13.6. The predicted molar refractivity (Wildman–Crippen MR) is 112 cm³/mol. The maximum absolute atomic E-state index is 12.5. The van der Waals surface area contributed by atoms with E-state index in [1.165, 1.54) is 50.3 Å². The van der Waals surface area contributed by atoms with Crippen molar-refractivity contribution in [1.82, 2.24) is 0 Å². The SMILES string of the molecule is CCCC1CCC(c2ccc(C(=O)Oc3ccc(OC)c(C=N)c3)cc2)CC1. The number of carbonyl (C=O) groups is 1. The van der Waals surface area contributed by atoms with Gasteiger partial charge in [-0.1, -0.05) is 31.9 Å². The molecule has 0 saturated heterocycles. The highest BCUT2D eigenvalue weighted by Crippen LogP contribution is 2.37. The van der Waals surface area contributed by atoms with Crippen molar-refractivity contribution < 1.29 is 14.3 Å². The fourth-order valence-electron chi connectivity index (χ4n) is 4.14. The maximum Gasteiger partial charge on any atom is 0.343 e. The molecule has 0 radical (unpaired) electrons. The molecule has 1 fully saturated rings. The van der Waals surface area contributed by atoms with Gasteiger partial charge in [0, 0.05) is 11.8 Å². The first-order valence-electron chi connectivity index (χ1n) is 10.1. The molecule has 1 saturated carbocycles. The highest BCUT2D eigenvalue weighted by Gasteiger charge is 2.22. The standard InChI is InChI=1S/C24H29NO3/c1-3-4-17-5-7-18(8-6-17)19-9-11-20(12-10-19)24(26)28-22-13-14-23(27-2)21(15-22)16-25/h9-18,25H,3-8H2,1-2H3. The fraction of sp³-hybridized carbons (Fsp3) is 0.417. The normalized spacial score (nSPS) is 19.1. The summed E-state index contributed by atoms with van der Waals surface area (Å²) in [5.74, 6) is 2.09. The molecule has 4 heteroatoms. The first kappa shape index (κ1) is 20.1. The van der Waals surface area contributed by atoms with E-state index in [0.717, 1.165) is 5.92 Å². The van der Waals surface area contributed by atoms with E-state index in [9.17, 15) is 4.79 Å². The van der Waals surface area contributed by atoms with Gasteiger partial charge < -0.3 is 14.9 Å². The molecule has 0 heterocycles. The van der Waals surface area contributed by atoms with Gasteiger partial charge in [0.15, 0.2) is 0 Å². The number of nitrogens with one attached hydrogen (secondary N) is 1. The molecule has 28 heavy (non-hydrogen) atoms. The summed E-state index contributed by atoms with van der Waals surface area (Å²) in [5.41, 5.74) is 2.43. The van der Waals surface area contributed by atoms with Crippen LogP contribution in [0.5, 0.6) is 11.5 Å². The molecule has 4 nitrogen and oxygen atoms in total. The van der Waals surface area contributed by atoms with Crippen LogP contribution in [0.1, 0.15) is 72.9 Å². The van der Waals surface area contributed by atoms with Gasteiger partial charge in [-0.15, -0.1) is 0 Å². The Hall–Kier alpha value is -2.62. The van der Waals surface area contributed by atoms with Crippen LogP contribution in [0.15, 0.2) is 42.5 Å². The summed E-state index contributed by atoms with van der Waals surface area (Å²) in [4.78, 5) is 12.5. The quantitative estimate of drug-likeness (QED) is 0.365. The third-order valence-corrected chi connectivity index (χ3v) is 5.73. The Morgan fingerprint density at radius 1 is 1.11 bits per heavy atom. The Balaban J connectivity index is 1.62. The van der Waals surface area contributed by atoms with Gasteiger partial charge in [-0.2, -0.15) is 0 Å². The van der Waals surface area contributed by atoms with Crippen molar-refractivity contribution in [1.29, 1.82) is 5.41 Å². The largest absolute Gasteiger partial charge is 0.496 e. The summed E-state index contributed by atoms with van der Waals surface area (Å²) in [6.45, 7) is 2.27. The molecule has 3 rings (SSSR count). The lowest BCUT2D eigenvalue weighted by Crippen LogP contribution is -2.13. The van der Waals surface area contributed by atoms with E-state index in [0.29, 0.717) is 28.5 Å². The lowest BCUT2D eigenvalue weighted by molar-refractivity contribution is 0.0734. The van der Waals surface area contributed by atoms with E-state index in [1.807, 2.05) is 12.1 Å². The van der Waals surface area contributed by atoms with Gasteiger partial charge in [0.25, 0.3) is 0 Å². The minimum Gasteiger partial charge on any atom is -0.496 e. The zero-order valence-electron chi connectivity index (χ0n) is 16.7. The average molecular weight is 380 g/mol. The summed E-state index contributed by atoms with van der Waals surface area (Å²) in [5, 5.41) is 7.44. The van der Waals surface area contributed by atoms with E-state index in [1.54, 1.807) is 25.3 Å². The third-order valence-electron chi connectivity index (χ3n) is 5.73. The van der Waals surface area contributed by atoms with Gasteiger partial charge in [0.2, 0.25) is 0 Å². The van der Waals surface area contributed by atoms with Crippen molar-refractivity contribution in [3.05, 3.63) is 59.2 Å². The van der Waals surface area contributed by atoms with Gasteiger partial charge in [0.05, 0.1) is 12.7 Å². The van der Waals surface area contributed by atoms with Crippen LogP contribution in [0, 0.1) is 11.3 Å². The van der Waals surface area contributed by atoms with E-state index in [4.69, 9.17) is 14.9 Å². The Morgan fingerprint density at radius 3 is 2.43 bits per heavy atom. The summed E-state index contributed by atoms with van der Waals surface area (Å²) >= 11 is 0. The Labute approximate surface area is 167 Å². The second-order valence-electron chi connectivity index (χ2n) is 7.57. The van der Waals surface area contributed by atoms with Crippen molar-refractivity contribution in [2.24, 2.45) is 5.92 Å². The predicted octanol–water partition coefficient (Wildman–Crippen LogP) is 5.99. The number of hydrogen-bond acceptors (Lipinski definition) is 4. The molecule has 0 spiro atoms. The van der Waals surface area contributed by atoms with Gasteiger partial charge in [-0.3, -0.25) is 0 Å². The molecule has 0 amide bonds. The van der Waals surface area contributed by atoms with Crippen LogP contribution in [0.4, 0.5) is 0 Å². The van der Waals surface area contributed by atoms with Gasteiger partial charge in [0.1, 0.15) is 11.5 Å². The molecule has 1 aliphatic carbocycles. The van der Waals surface area contributed by atoms with Gasteiger partial charge >= 0.3 is 5.97 Å². The number of esters is 1. The van der Waals surface area contributed by atoms with Crippen LogP contribution >= 0.6 is 0 Å². The van der Waals surface area contributed by atoms with Crippen LogP contribution in [0.3, 0.4) is 0 Å². The van der Waals surface area contributed by atoms with E-state index in [-0.39, 0.29) is 5.97 Å². The summed E-state index contributed by atoms with van der Waals surface area (Å²) < 4.78 is 10.7. The van der Waals surface area contributed by atoms with Crippen molar-refractivity contribution in [2.75, 3.05) is 7.11 Å². The zero-order valence-corrected chi connectivity index (χ0v) is 16.7. The lowest BCUT2D eigenvalue weighted by atomic mass is 9.77. The Morgan fingerprint density at radius 2 is 1.82 bits per heavy atom. The minimum absolute atomic E-state index is 0.390. The molecule has 148 valence electrons. The molecule has 0 unspecified atom stereocenters. The molecule has 0 aliphatic heterocycles. The van der Waals surface area contributed by atoms with Crippen LogP contribution in [0.25, 0.3) is 0 Å². The van der Waals surface area contributed by atoms with Gasteiger partial charge in [-0.25, -0.2) is 4.79 Å². The molecule has 1 aliphatic rings. The average Bonchev–Trinajstić information content (AvgIpc) is 2.74. The van der Waals surface area contributed by atoms with Crippen molar-refractivity contribution in [3.8, 4) is 11.5 Å². The monoisotopic (exact) mass is 379 g/mol. The van der Waals surface area contributed by atoms with Gasteiger partial charge in [-0.05, 0) is 73.4 Å². The minimum atomic E-state index is -0.390. The Bertz CT molecular complexity index is 805. The number of ether oxygens (including phenoxy) is 2. The molecule has 2 aromatic rings. The van der Waals surface area contributed by atoms with Crippen molar-refractivity contribution >= 4 is 12.2 Å². The summed E-state index contributed by atoms with van der Waals surface area (Å²) in [6.07, 6.45) is 8.92. The maximum atomic E-state index is 12.5. The second-order valence-corrected chi connectivity index (χ2v) is 7.57. The molecule has 0 aromatic heterocycles. The topological polar surface area (TPSA) is 59.4 Å². The summed E-state index contributed by atoms with van der Waals surface area (Å²) in [6, 6.07) is 12.9. The fourth-order valence-corrected chi connectivity index (χ4v) is 4.14. The van der Waals surface area contributed by atoms with E-state index >= 15 is 0 Å².